The molecule has 81 heavy (non-hydrogen) atoms. The Kier molecular flexibility index (Phi) is 36.6. The number of hydrogen-bond donors (Lipinski definition) is 0. The van der Waals surface area contributed by atoms with Gasteiger partial charge in [-0.05, 0) is 136 Å². The zero-order valence-corrected chi connectivity index (χ0v) is 45.9. The Balaban J connectivity index is 5.72. The van der Waals surface area contributed by atoms with Crippen LogP contribution in [0, 0.1) is 345 Å². The molecule has 0 rings (SSSR count). The standard InChI is InChI=1S/C61H64N20/c1-42(22-62)3-44(24-64)5-46(26-66)7-48(28-68)9-50(30-70)11-52(32-72)13-54(34-74)15-56(36-76)17-58(38-78)19-60(40-80)21-61(41-81)20-59(39-79)18-57(37-77)16-55(35-75)14-53(33-73)12-51(31-71)10-49(29-69)8-47(27-67)6-45(25-65)4-43(2)23-63/h42-61H,3-21H2,1-2H3. The minimum absolute atomic E-state index is 0.00177. The van der Waals surface area contributed by atoms with Crippen LogP contribution >= 0.6 is 0 Å². The van der Waals surface area contributed by atoms with E-state index < -0.39 is 118 Å². The second-order valence-corrected chi connectivity index (χ2v) is 21.4. The van der Waals surface area contributed by atoms with Gasteiger partial charge in [0.2, 0.25) is 0 Å². The molecular weight excluding hydrogens is 1010 g/mol. The molecule has 20 unspecified atom stereocenters. The fourth-order valence-electron chi connectivity index (χ4n) is 10.4. The van der Waals surface area contributed by atoms with Crippen molar-refractivity contribution in [2.24, 2.45) is 118 Å². The van der Waals surface area contributed by atoms with E-state index in [0.717, 1.165) is 0 Å². The molecule has 0 aliphatic heterocycles. The van der Waals surface area contributed by atoms with Gasteiger partial charge in [0.1, 0.15) is 0 Å². The van der Waals surface area contributed by atoms with Crippen molar-refractivity contribution in [3.63, 3.8) is 0 Å². The molecule has 0 radical (unpaired) electrons. The van der Waals surface area contributed by atoms with Crippen molar-refractivity contribution in [3.8, 4) is 121 Å². The Hall–Kier alpha value is -10.2. The second-order valence-electron chi connectivity index (χ2n) is 21.4. The summed E-state index contributed by atoms with van der Waals surface area (Å²) in [6.45, 7) is 3.33. The van der Waals surface area contributed by atoms with Crippen LogP contribution in [-0.2, 0) is 0 Å². The normalized spacial score (nSPS) is 17.5. The molecule has 0 aromatic rings. The lowest BCUT2D eigenvalue weighted by Crippen LogP contribution is -2.19. The smallest absolute Gasteiger partial charge is 0.0656 e. The third-order valence-electron chi connectivity index (χ3n) is 14.7. The van der Waals surface area contributed by atoms with Crippen LogP contribution in [-0.4, -0.2) is 0 Å². The maximum Gasteiger partial charge on any atom is 0.0656 e. The molecule has 0 N–H and O–H groups in total. The lowest BCUT2D eigenvalue weighted by atomic mass is 9.77. The monoisotopic (exact) mass is 1080 g/mol. The number of nitrogens with zero attached hydrogens (tertiary/aromatic N) is 20. The molecule has 0 heterocycles. The SMILES string of the molecule is CC(C#N)CC(C#N)CC(C#N)CC(C#N)CC(C#N)CC(C#N)CC(C#N)CC(C#N)CC(C#N)CC(C#N)CC(C#N)CC(C#N)CC(C#N)CC(C#N)CC(C#N)CC(C#N)CC(C#N)CC(C#N)CC(C#N)CC(C)C#N. The van der Waals surface area contributed by atoms with Crippen LogP contribution in [0.1, 0.15) is 136 Å². The molecule has 0 saturated heterocycles. The van der Waals surface area contributed by atoms with Gasteiger partial charge in [0, 0.05) is 118 Å². The van der Waals surface area contributed by atoms with Crippen molar-refractivity contribution >= 4 is 0 Å². The largest absolute Gasteiger partial charge is 0.198 e. The van der Waals surface area contributed by atoms with Gasteiger partial charge in [-0.1, -0.05) is 0 Å². The summed E-state index contributed by atoms with van der Waals surface area (Å²) in [5.41, 5.74) is 0. The summed E-state index contributed by atoms with van der Waals surface area (Å²) in [5, 5.41) is 198. The molecule has 0 aliphatic rings. The average molecular weight is 1080 g/mol. The van der Waals surface area contributed by atoms with E-state index in [9.17, 15) is 94.7 Å². The van der Waals surface area contributed by atoms with E-state index in [2.05, 4.69) is 121 Å². The molecule has 408 valence electrons. The van der Waals surface area contributed by atoms with Gasteiger partial charge in [0.25, 0.3) is 0 Å². The molecule has 0 aromatic heterocycles. The third kappa shape index (κ3) is 28.7. The first kappa shape index (κ1) is 70.8. The fraction of sp³-hybridized carbons (Fsp3) is 0.672. The van der Waals surface area contributed by atoms with Gasteiger partial charge in [0.05, 0.1) is 121 Å². The highest BCUT2D eigenvalue weighted by Gasteiger charge is 2.32. The number of rotatable bonds is 38. The first-order chi connectivity index (χ1) is 39.0. The molecule has 0 aliphatic carbocycles. The van der Waals surface area contributed by atoms with E-state index in [-0.39, 0.29) is 122 Å². The van der Waals surface area contributed by atoms with E-state index in [1.807, 2.05) is 0 Å². The predicted octanol–water partition coefficient (Wildman–Crippen LogP) is 11.2. The first-order valence-corrected chi connectivity index (χ1v) is 26.9. The molecule has 0 fully saturated rings. The molecule has 0 saturated carbocycles. The highest BCUT2D eigenvalue weighted by Crippen LogP contribution is 2.36. The lowest BCUT2D eigenvalue weighted by Gasteiger charge is -2.22. The summed E-state index contributed by atoms with van der Waals surface area (Å²) < 4.78 is 0. The average Bonchev–Trinajstić information content (AvgIpc) is 3.49. The number of hydrogen-bond acceptors (Lipinski definition) is 20. The van der Waals surface area contributed by atoms with Crippen LogP contribution in [0.2, 0.25) is 0 Å². The summed E-state index contributed by atoms with van der Waals surface area (Å²) in [5.74, 6) is -15.0. The first-order valence-electron chi connectivity index (χ1n) is 26.9. The van der Waals surface area contributed by atoms with Gasteiger partial charge in [-0.2, -0.15) is 105 Å². The van der Waals surface area contributed by atoms with Crippen molar-refractivity contribution in [1.82, 2.24) is 0 Å². The van der Waals surface area contributed by atoms with Gasteiger partial charge >= 0.3 is 0 Å². The quantitative estimate of drug-likeness (QED) is 0.0554. The Morgan fingerprint density at radius 3 is 0.272 bits per heavy atom. The van der Waals surface area contributed by atoms with E-state index in [1.165, 1.54) is 0 Å². The Morgan fingerprint density at radius 1 is 0.136 bits per heavy atom. The van der Waals surface area contributed by atoms with Gasteiger partial charge in [-0.25, -0.2) is 0 Å². The van der Waals surface area contributed by atoms with Gasteiger partial charge in [-0.3, -0.25) is 0 Å². The fourth-order valence-corrected chi connectivity index (χ4v) is 10.4. The summed E-state index contributed by atoms with van der Waals surface area (Å²) in [7, 11) is 0. The minimum Gasteiger partial charge on any atom is -0.198 e. The van der Waals surface area contributed by atoms with Crippen LogP contribution in [0.5, 0.6) is 0 Å². The van der Waals surface area contributed by atoms with E-state index >= 15 is 0 Å². The van der Waals surface area contributed by atoms with Crippen molar-refractivity contribution in [2.75, 3.05) is 0 Å². The lowest BCUT2D eigenvalue weighted by molar-refractivity contribution is 0.316. The Bertz CT molecular complexity index is 2720. The van der Waals surface area contributed by atoms with Gasteiger partial charge in [0.15, 0.2) is 0 Å². The van der Waals surface area contributed by atoms with E-state index in [0.29, 0.717) is 0 Å². The van der Waals surface area contributed by atoms with Crippen molar-refractivity contribution in [2.45, 2.75) is 136 Å². The molecule has 20 heteroatoms. The van der Waals surface area contributed by atoms with Crippen LogP contribution in [0.15, 0.2) is 0 Å². The predicted molar refractivity (Wildman–Crippen MR) is 281 cm³/mol. The summed E-state index contributed by atoms with van der Waals surface area (Å²) in [6, 6.07) is 42.3. The van der Waals surface area contributed by atoms with Crippen LogP contribution in [0.3, 0.4) is 0 Å². The minimum atomic E-state index is -0.873. The van der Waals surface area contributed by atoms with Crippen molar-refractivity contribution in [3.05, 3.63) is 0 Å². The van der Waals surface area contributed by atoms with Crippen LogP contribution in [0.4, 0.5) is 0 Å². The second kappa shape index (κ2) is 41.9. The maximum atomic E-state index is 10.1. The topological polar surface area (TPSA) is 476 Å². The Labute approximate surface area is 478 Å². The molecule has 0 aromatic carbocycles. The zero-order chi connectivity index (χ0) is 61.1. The number of nitriles is 20. The van der Waals surface area contributed by atoms with Crippen molar-refractivity contribution < 1.29 is 0 Å². The molecule has 0 amide bonds. The molecule has 0 bridgehead atoms. The molecule has 0 spiro atoms. The Morgan fingerprint density at radius 2 is 0.210 bits per heavy atom. The highest BCUT2D eigenvalue weighted by atomic mass is 14.4. The van der Waals surface area contributed by atoms with Gasteiger partial charge in [-0.15, -0.1) is 0 Å². The van der Waals surface area contributed by atoms with Crippen LogP contribution < -0.4 is 0 Å². The summed E-state index contributed by atoms with van der Waals surface area (Å²) >= 11 is 0. The van der Waals surface area contributed by atoms with Crippen LogP contribution in [0.25, 0.3) is 0 Å². The van der Waals surface area contributed by atoms with E-state index in [1.54, 1.807) is 13.8 Å². The maximum absolute atomic E-state index is 10.1. The summed E-state index contributed by atoms with van der Waals surface area (Å²) in [6.07, 6.45) is 0.726. The molecular formula is C61H64N20. The van der Waals surface area contributed by atoms with Crippen molar-refractivity contribution in [1.29, 1.82) is 105 Å². The summed E-state index contributed by atoms with van der Waals surface area (Å²) in [4.78, 5) is 0. The third-order valence-corrected chi connectivity index (χ3v) is 14.7. The highest BCUT2D eigenvalue weighted by molar-refractivity contribution is 5.07. The van der Waals surface area contributed by atoms with E-state index in [4.69, 9.17) is 10.5 Å². The molecule has 20 atom stereocenters. The zero-order valence-electron chi connectivity index (χ0n) is 45.9. The molecule has 20 nitrogen and oxygen atoms in total. The van der Waals surface area contributed by atoms with Gasteiger partial charge < -0.3 is 0 Å².